The molecule has 2 aromatic rings. The van der Waals surface area contributed by atoms with Crippen LogP contribution >= 0.6 is 11.6 Å². The highest BCUT2D eigenvalue weighted by molar-refractivity contribution is 6.31. The first-order valence-corrected chi connectivity index (χ1v) is 9.62. The van der Waals surface area contributed by atoms with E-state index in [4.69, 9.17) is 16.3 Å². The summed E-state index contributed by atoms with van der Waals surface area (Å²) in [5, 5.41) is 6.34. The molecule has 0 atom stereocenters. The van der Waals surface area contributed by atoms with Crippen LogP contribution in [0.5, 0.6) is 5.75 Å². The number of amides is 2. The number of carbonyl (C=O) groups is 2. The Morgan fingerprint density at radius 3 is 2.82 bits per heavy atom. The van der Waals surface area contributed by atoms with Gasteiger partial charge in [0.1, 0.15) is 5.75 Å². The molecule has 0 spiro atoms. The molecule has 1 aliphatic heterocycles. The van der Waals surface area contributed by atoms with Gasteiger partial charge in [-0.1, -0.05) is 11.6 Å². The van der Waals surface area contributed by atoms with E-state index in [0.717, 1.165) is 22.7 Å². The van der Waals surface area contributed by atoms with Gasteiger partial charge in [0, 0.05) is 37.6 Å². The summed E-state index contributed by atoms with van der Waals surface area (Å²) >= 11 is 6.05. The van der Waals surface area contributed by atoms with Crippen molar-refractivity contribution in [3.05, 3.63) is 47.0 Å². The Morgan fingerprint density at radius 2 is 2.04 bits per heavy atom. The van der Waals surface area contributed by atoms with Crippen molar-refractivity contribution in [3.8, 4) is 5.75 Å². The zero-order valence-electron chi connectivity index (χ0n) is 16.0. The number of halogens is 1. The summed E-state index contributed by atoms with van der Waals surface area (Å²) in [7, 11) is 3.83. The predicted molar refractivity (Wildman–Crippen MR) is 113 cm³/mol. The minimum atomic E-state index is -0.0814. The Hall–Kier alpha value is -2.73. The topological polar surface area (TPSA) is 70.7 Å². The second-order valence-corrected chi connectivity index (χ2v) is 7.36. The third-order valence-corrected chi connectivity index (χ3v) is 4.74. The predicted octanol–water partition coefficient (Wildman–Crippen LogP) is 4.09. The fourth-order valence-corrected chi connectivity index (χ4v) is 3.26. The van der Waals surface area contributed by atoms with E-state index >= 15 is 0 Å². The quantitative estimate of drug-likeness (QED) is 0.685. The molecule has 0 saturated carbocycles. The molecular formula is C21H24ClN3O3. The number of nitrogens with zero attached hydrogens (tertiary/aromatic N) is 1. The van der Waals surface area contributed by atoms with Gasteiger partial charge in [-0.3, -0.25) is 9.59 Å². The third kappa shape index (κ3) is 5.16. The second kappa shape index (κ2) is 8.97. The van der Waals surface area contributed by atoms with Crippen molar-refractivity contribution < 1.29 is 14.3 Å². The molecule has 2 amide bonds. The van der Waals surface area contributed by atoms with Crippen molar-refractivity contribution in [1.29, 1.82) is 0 Å². The maximum atomic E-state index is 12.3. The maximum absolute atomic E-state index is 12.3. The van der Waals surface area contributed by atoms with Crippen LogP contribution in [0.4, 0.5) is 17.1 Å². The standard InChI is InChI=1S/C21H24ClN3O3/c1-25(2)19-9-6-15(22)13-18(19)24-20(26)4-3-11-28-16-7-8-17-14(12-16)5-10-21(27)23-17/h6-9,12-13H,3-5,10-11H2,1-2H3,(H,23,27)(H,24,26). The van der Waals surface area contributed by atoms with E-state index in [2.05, 4.69) is 10.6 Å². The molecule has 0 unspecified atom stereocenters. The fourth-order valence-electron chi connectivity index (χ4n) is 3.08. The molecule has 0 aliphatic carbocycles. The van der Waals surface area contributed by atoms with Crippen LogP contribution in [-0.2, 0) is 16.0 Å². The first-order chi connectivity index (χ1) is 13.4. The second-order valence-electron chi connectivity index (χ2n) is 6.92. The van der Waals surface area contributed by atoms with Crippen LogP contribution in [-0.4, -0.2) is 32.5 Å². The van der Waals surface area contributed by atoms with Crippen LogP contribution in [0.2, 0.25) is 5.02 Å². The lowest BCUT2D eigenvalue weighted by atomic mass is 10.0. The van der Waals surface area contributed by atoms with E-state index < -0.39 is 0 Å². The zero-order valence-corrected chi connectivity index (χ0v) is 16.8. The summed E-state index contributed by atoms with van der Waals surface area (Å²) in [5.74, 6) is 0.714. The van der Waals surface area contributed by atoms with E-state index in [9.17, 15) is 9.59 Å². The van der Waals surface area contributed by atoms with Gasteiger partial charge in [-0.05, 0) is 54.8 Å². The monoisotopic (exact) mass is 401 g/mol. The summed E-state index contributed by atoms with van der Waals surface area (Å²) in [4.78, 5) is 25.6. The van der Waals surface area contributed by atoms with Crippen LogP contribution < -0.4 is 20.3 Å². The van der Waals surface area contributed by atoms with Crippen molar-refractivity contribution in [1.82, 2.24) is 0 Å². The zero-order chi connectivity index (χ0) is 20.1. The van der Waals surface area contributed by atoms with Gasteiger partial charge in [0.15, 0.2) is 0 Å². The summed E-state index contributed by atoms with van der Waals surface area (Å²) in [5.41, 5.74) is 3.52. The van der Waals surface area contributed by atoms with Gasteiger partial charge < -0.3 is 20.3 Å². The van der Waals surface area contributed by atoms with E-state index in [1.54, 1.807) is 12.1 Å². The number of fused-ring (bicyclic) bond motifs is 1. The fraction of sp³-hybridized carbons (Fsp3) is 0.333. The molecule has 6 nitrogen and oxygen atoms in total. The van der Waals surface area contributed by atoms with Crippen molar-refractivity contribution in [2.45, 2.75) is 25.7 Å². The van der Waals surface area contributed by atoms with Gasteiger partial charge in [-0.25, -0.2) is 0 Å². The van der Waals surface area contributed by atoms with E-state index in [0.29, 0.717) is 43.0 Å². The van der Waals surface area contributed by atoms with E-state index in [1.807, 2.05) is 43.3 Å². The number of ether oxygens (including phenoxy) is 1. The molecule has 0 radical (unpaired) electrons. The Morgan fingerprint density at radius 1 is 1.21 bits per heavy atom. The van der Waals surface area contributed by atoms with E-state index in [1.165, 1.54) is 0 Å². The van der Waals surface area contributed by atoms with Crippen molar-refractivity contribution in [3.63, 3.8) is 0 Å². The van der Waals surface area contributed by atoms with Crippen LogP contribution in [0.15, 0.2) is 36.4 Å². The molecule has 0 bridgehead atoms. The highest BCUT2D eigenvalue weighted by Crippen LogP contribution is 2.28. The van der Waals surface area contributed by atoms with Crippen LogP contribution in [0.3, 0.4) is 0 Å². The average Bonchev–Trinajstić information content (AvgIpc) is 2.65. The largest absolute Gasteiger partial charge is 0.494 e. The van der Waals surface area contributed by atoms with Crippen molar-refractivity contribution in [2.24, 2.45) is 0 Å². The first kappa shape index (κ1) is 20.0. The Kier molecular flexibility index (Phi) is 6.41. The molecular weight excluding hydrogens is 378 g/mol. The number of carbonyl (C=O) groups excluding carboxylic acids is 2. The van der Waals surface area contributed by atoms with Crippen LogP contribution in [0.1, 0.15) is 24.8 Å². The Labute approximate surface area is 169 Å². The molecule has 2 aromatic carbocycles. The summed E-state index contributed by atoms with van der Waals surface area (Å²) in [6.45, 7) is 0.439. The van der Waals surface area contributed by atoms with E-state index in [-0.39, 0.29) is 11.8 Å². The van der Waals surface area contributed by atoms with Gasteiger partial charge in [-0.15, -0.1) is 0 Å². The van der Waals surface area contributed by atoms with Crippen molar-refractivity contribution >= 4 is 40.5 Å². The number of benzene rings is 2. The lowest BCUT2D eigenvalue weighted by Crippen LogP contribution is -2.19. The highest BCUT2D eigenvalue weighted by Gasteiger charge is 2.15. The molecule has 7 heteroatoms. The molecule has 0 fully saturated rings. The lowest BCUT2D eigenvalue weighted by molar-refractivity contribution is -0.117. The van der Waals surface area contributed by atoms with Gasteiger partial charge in [0.2, 0.25) is 11.8 Å². The smallest absolute Gasteiger partial charge is 0.224 e. The third-order valence-electron chi connectivity index (χ3n) is 4.50. The number of aryl methyl sites for hydroxylation is 1. The highest BCUT2D eigenvalue weighted by atomic mass is 35.5. The normalized spacial score (nSPS) is 12.8. The molecule has 2 N–H and O–H groups in total. The molecule has 3 rings (SSSR count). The van der Waals surface area contributed by atoms with Gasteiger partial charge >= 0.3 is 0 Å². The van der Waals surface area contributed by atoms with Gasteiger partial charge in [-0.2, -0.15) is 0 Å². The van der Waals surface area contributed by atoms with Gasteiger partial charge in [0.05, 0.1) is 18.0 Å². The number of nitrogens with one attached hydrogen (secondary N) is 2. The lowest BCUT2D eigenvalue weighted by Gasteiger charge is -2.18. The molecule has 1 heterocycles. The summed E-state index contributed by atoms with van der Waals surface area (Å²) < 4.78 is 5.76. The van der Waals surface area contributed by atoms with Crippen LogP contribution in [0.25, 0.3) is 0 Å². The summed E-state index contributed by atoms with van der Waals surface area (Å²) in [6.07, 6.45) is 2.15. The molecule has 148 valence electrons. The minimum Gasteiger partial charge on any atom is -0.494 e. The first-order valence-electron chi connectivity index (χ1n) is 9.24. The maximum Gasteiger partial charge on any atom is 0.224 e. The number of hydrogen-bond acceptors (Lipinski definition) is 4. The SMILES string of the molecule is CN(C)c1ccc(Cl)cc1NC(=O)CCCOc1ccc2c(c1)CCC(=O)N2. The van der Waals surface area contributed by atoms with Crippen molar-refractivity contribution in [2.75, 3.05) is 36.2 Å². The number of anilines is 3. The Bertz CT molecular complexity index is 883. The average molecular weight is 402 g/mol. The van der Waals surface area contributed by atoms with Gasteiger partial charge in [0.25, 0.3) is 0 Å². The van der Waals surface area contributed by atoms with Crippen LogP contribution in [0, 0.1) is 0 Å². The molecule has 0 aromatic heterocycles. The molecule has 28 heavy (non-hydrogen) atoms. The Balaban J connectivity index is 1.48. The molecule has 0 saturated heterocycles. The summed E-state index contributed by atoms with van der Waals surface area (Å²) in [6, 6.07) is 11.1. The molecule has 1 aliphatic rings. The number of hydrogen-bond donors (Lipinski definition) is 2. The number of rotatable bonds is 7. The minimum absolute atomic E-state index is 0.0457.